The summed E-state index contributed by atoms with van der Waals surface area (Å²) in [7, 11) is 0. The van der Waals surface area contributed by atoms with Gasteiger partial charge in [0.25, 0.3) is 0 Å². The fraction of sp³-hybridized carbons (Fsp3) is 0.909. The largest absolute Gasteiger partial charge is 0.460 e. The number of carbonyl (C=O) groups is 1. The molecule has 0 aromatic carbocycles. The molecule has 2 fully saturated rings. The minimum Gasteiger partial charge on any atom is -0.460 e. The van der Waals surface area contributed by atoms with Gasteiger partial charge in [0, 0.05) is 12.5 Å². The van der Waals surface area contributed by atoms with Crippen molar-refractivity contribution < 1.29 is 14.3 Å². The van der Waals surface area contributed by atoms with Crippen LogP contribution in [0.15, 0.2) is 0 Å². The van der Waals surface area contributed by atoms with Crippen LogP contribution in [0.2, 0.25) is 0 Å². The molecule has 1 heterocycles. The van der Waals surface area contributed by atoms with Crippen molar-refractivity contribution in [1.29, 1.82) is 0 Å². The molecule has 2 N–H and O–H groups in total. The lowest BCUT2D eigenvalue weighted by molar-refractivity contribution is -0.155. The quantitative estimate of drug-likeness (QED) is 0.690. The summed E-state index contributed by atoms with van der Waals surface area (Å²) >= 11 is 0. The van der Waals surface area contributed by atoms with Crippen LogP contribution in [0.5, 0.6) is 0 Å². The van der Waals surface area contributed by atoms with Crippen LogP contribution in [-0.2, 0) is 14.3 Å². The number of carbonyl (C=O) groups excluding carboxylic acids is 1. The van der Waals surface area contributed by atoms with Gasteiger partial charge in [-0.2, -0.15) is 0 Å². The van der Waals surface area contributed by atoms with Crippen molar-refractivity contribution in [3.05, 3.63) is 0 Å². The summed E-state index contributed by atoms with van der Waals surface area (Å²) in [6.07, 6.45) is 4.62. The zero-order valence-electron chi connectivity index (χ0n) is 8.98. The van der Waals surface area contributed by atoms with Gasteiger partial charge in [0.15, 0.2) is 0 Å². The molecule has 3 atom stereocenters. The highest BCUT2D eigenvalue weighted by atomic mass is 16.6. The summed E-state index contributed by atoms with van der Waals surface area (Å²) in [6, 6.07) is 0.177. The molecular weight excluding hydrogens is 194 g/mol. The average molecular weight is 213 g/mol. The second-order valence-corrected chi connectivity index (χ2v) is 4.55. The Morgan fingerprint density at radius 1 is 1.33 bits per heavy atom. The highest BCUT2D eigenvalue weighted by molar-refractivity contribution is 5.72. The fourth-order valence-electron chi connectivity index (χ4n) is 2.31. The monoisotopic (exact) mass is 213 g/mol. The minimum absolute atomic E-state index is 0.0179. The summed E-state index contributed by atoms with van der Waals surface area (Å²) in [5.74, 6) is -0.0463. The molecule has 0 radical (unpaired) electrons. The van der Waals surface area contributed by atoms with E-state index in [1.54, 1.807) is 0 Å². The van der Waals surface area contributed by atoms with Crippen molar-refractivity contribution in [3.63, 3.8) is 0 Å². The van der Waals surface area contributed by atoms with Crippen molar-refractivity contribution in [1.82, 2.24) is 0 Å². The van der Waals surface area contributed by atoms with Crippen LogP contribution < -0.4 is 5.73 Å². The molecule has 0 aromatic heterocycles. The van der Waals surface area contributed by atoms with Gasteiger partial charge in [-0.05, 0) is 19.3 Å². The van der Waals surface area contributed by atoms with E-state index in [0.29, 0.717) is 13.2 Å². The summed E-state index contributed by atoms with van der Waals surface area (Å²) in [5, 5.41) is 0. The van der Waals surface area contributed by atoms with Crippen LogP contribution in [0.25, 0.3) is 0 Å². The lowest BCUT2D eigenvalue weighted by Gasteiger charge is -2.25. The van der Waals surface area contributed by atoms with Crippen LogP contribution in [0.3, 0.4) is 0 Å². The maximum absolute atomic E-state index is 11.8. The predicted octanol–water partition coefficient (Wildman–Crippen LogP) is 0.836. The van der Waals surface area contributed by atoms with Gasteiger partial charge in [0.05, 0.1) is 19.1 Å². The lowest BCUT2D eigenvalue weighted by Crippen LogP contribution is -2.34. The zero-order valence-corrected chi connectivity index (χ0v) is 8.98. The van der Waals surface area contributed by atoms with E-state index in [9.17, 15) is 4.79 Å². The van der Waals surface area contributed by atoms with E-state index in [0.717, 1.165) is 32.1 Å². The van der Waals surface area contributed by atoms with Crippen LogP contribution in [0.1, 0.15) is 32.1 Å². The van der Waals surface area contributed by atoms with Crippen LogP contribution in [-0.4, -0.2) is 31.3 Å². The first-order chi connectivity index (χ1) is 7.25. The maximum atomic E-state index is 11.8. The smallest absolute Gasteiger partial charge is 0.309 e. The Balaban J connectivity index is 1.78. The Hall–Kier alpha value is -0.610. The van der Waals surface area contributed by atoms with Gasteiger partial charge >= 0.3 is 5.97 Å². The highest BCUT2D eigenvalue weighted by Crippen LogP contribution is 2.25. The summed E-state index contributed by atoms with van der Waals surface area (Å²) < 4.78 is 10.5. The van der Waals surface area contributed by atoms with E-state index >= 15 is 0 Å². The first kappa shape index (κ1) is 10.9. The second kappa shape index (κ2) is 4.94. The fourth-order valence-corrected chi connectivity index (χ4v) is 2.31. The van der Waals surface area contributed by atoms with Crippen LogP contribution >= 0.6 is 0 Å². The molecule has 0 spiro atoms. The standard InChI is InChI=1S/C11H19NO3/c12-9-3-1-2-8(6-9)11(13)15-10-4-5-14-7-10/h8-10H,1-7,12H2. The van der Waals surface area contributed by atoms with E-state index in [1.807, 2.05) is 0 Å². The van der Waals surface area contributed by atoms with Crippen molar-refractivity contribution in [3.8, 4) is 0 Å². The second-order valence-electron chi connectivity index (χ2n) is 4.55. The zero-order chi connectivity index (χ0) is 10.7. The lowest BCUT2D eigenvalue weighted by atomic mass is 9.86. The van der Waals surface area contributed by atoms with Gasteiger partial charge in [-0.15, -0.1) is 0 Å². The Labute approximate surface area is 90.1 Å². The van der Waals surface area contributed by atoms with Crippen molar-refractivity contribution in [2.24, 2.45) is 11.7 Å². The van der Waals surface area contributed by atoms with Crippen molar-refractivity contribution >= 4 is 5.97 Å². The van der Waals surface area contributed by atoms with Crippen molar-refractivity contribution in [2.75, 3.05) is 13.2 Å². The molecule has 4 nitrogen and oxygen atoms in total. The molecule has 86 valence electrons. The summed E-state index contributed by atoms with van der Waals surface area (Å²) in [6.45, 7) is 1.27. The summed E-state index contributed by atoms with van der Waals surface area (Å²) in [4.78, 5) is 11.8. The van der Waals surface area contributed by atoms with Crippen LogP contribution in [0, 0.1) is 5.92 Å². The average Bonchev–Trinajstić information content (AvgIpc) is 2.70. The molecule has 1 saturated heterocycles. The number of rotatable bonds is 2. The molecule has 1 aliphatic carbocycles. The van der Waals surface area contributed by atoms with E-state index in [-0.39, 0.29) is 24.0 Å². The van der Waals surface area contributed by atoms with E-state index in [1.165, 1.54) is 0 Å². The molecular formula is C11H19NO3. The molecule has 1 aliphatic heterocycles. The van der Waals surface area contributed by atoms with Gasteiger partial charge < -0.3 is 15.2 Å². The molecule has 15 heavy (non-hydrogen) atoms. The minimum atomic E-state index is -0.0688. The van der Waals surface area contributed by atoms with E-state index in [2.05, 4.69) is 0 Å². The van der Waals surface area contributed by atoms with Gasteiger partial charge in [-0.3, -0.25) is 4.79 Å². The van der Waals surface area contributed by atoms with E-state index in [4.69, 9.17) is 15.2 Å². The first-order valence-corrected chi connectivity index (χ1v) is 5.79. The molecule has 3 unspecified atom stereocenters. The SMILES string of the molecule is NC1CCCC(C(=O)OC2CCOC2)C1. The third kappa shape index (κ3) is 2.92. The number of nitrogens with two attached hydrogens (primary N) is 1. The first-order valence-electron chi connectivity index (χ1n) is 5.79. The molecule has 2 aliphatic rings. The molecule has 4 heteroatoms. The maximum Gasteiger partial charge on any atom is 0.309 e. The van der Waals surface area contributed by atoms with Crippen molar-refractivity contribution in [2.45, 2.75) is 44.2 Å². The molecule has 2 rings (SSSR count). The molecule has 0 aromatic rings. The normalized spacial score (nSPS) is 36.5. The number of esters is 1. The Morgan fingerprint density at radius 2 is 2.20 bits per heavy atom. The van der Waals surface area contributed by atoms with E-state index < -0.39 is 0 Å². The van der Waals surface area contributed by atoms with Gasteiger partial charge in [0.2, 0.25) is 0 Å². The molecule has 1 saturated carbocycles. The number of hydrogen-bond acceptors (Lipinski definition) is 4. The topological polar surface area (TPSA) is 61.6 Å². The molecule has 0 amide bonds. The third-order valence-corrected chi connectivity index (χ3v) is 3.22. The predicted molar refractivity (Wildman–Crippen MR) is 55.2 cm³/mol. The highest BCUT2D eigenvalue weighted by Gasteiger charge is 2.29. The molecule has 0 bridgehead atoms. The Bertz CT molecular complexity index is 226. The third-order valence-electron chi connectivity index (χ3n) is 3.22. The Morgan fingerprint density at radius 3 is 2.87 bits per heavy atom. The van der Waals surface area contributed by atoms with Gasteiger partial charge in [0.1, 0.15) is 6.10 Å². The number of ether oxygens (including phenoxy) is 2. The number of hydrogen-bond donors (Lipinski definition) is 1. The summed E-state index contributed by atoms with van der Waals surface area (Å²) in [5.41, 5.74) is 5.84. The van der Waals surface area contributed by atoms with Gasteiger partial charge in [-0.25, -0.2) is 0 Å². The Kier molecular flexibility index (Phi) is 3.59. The van der Waals surface area contributed by atoms with Crippen LogP contribution in [0.4, 0.5) is 0 Å². The van der Waals surface area contributed by atoms with Gasteiger partial charge in [-0.1, -0.05) is 6.42 Å².